The summed E-state index contributed by atoms with van der Waals surface area (Å²) in [6, 6.07) is 8.13. The summed E-state index contributed by atoms with van der Waals surface area (Å²) < 4.78 is 5.25. The third-order valence-electron chi connectivity index (χ3n) is 5.55. The summed E-state index contributed by atoms with van der Waals surface area (Å²) in [6.45, 7) is 7.52. The van der Waals surface area contributed by atoms with Crippen LogP contribution in [0.1, 0.15) is 16.9 Å². The molecule has 0 radical (unpaired) electrons. The molecule has 1 aliphatic rings. The van der Waals surface area contributed by atoms with Gasteiger partial charge in [-0.1, -0.05) is 11.8 Å². The maximum Gasteiger partial charge on any atom is 0.233 e. The number of aryl methyl sites for hydroxylation is 2. The second-order valence-electron chi connectivity index (χ2n) is 7.35. The molecule has 0 bridgehead atoms. The fourth-order valence-corrected chi connectivity index (χ4v) is 5.72. The minimum absolute atomic E-state index is 0.174. The van der Waals surface area contributed by atoms with E-state index in [0.29, 0.717) is 5.75 Å². The molecule has 158 valence electrons. The van der Waals surface area contributed by atoms with Crippen molar-refractivity contribution in [2.75, 3.05) is 43.9 Å². The van der Waals surface area contributed by atoms with Crippen LogP contribution in [0.25, 0.3) is 10.2 Å². The van der Waals surface area contributed by atoms with Crippen LogP contribution in [0, 0.1) is 13.8 Å². The minimum Gasteiger partial charge on any atom is -0.497 e. The molecule has 0 unspecified atom stereocenters. The van der Waals surface area contributed by atoms with Gasteiger partial charge in [0, 0.05) is 42.1 Å². The fraction of sp³-hybridized carbons (Fsp3) is 0.409. The molecule has 0 spiro atoms. The van der Waals surface area contributed by atoms with Crippen LogP contribution in [0.15, 0.2) is 35.6 Å². The standard InChI is InChI=1S/C22H26N4O2S2/c1-15-16(2)30-22-20(15)21(23-14-24-22)29-13-19(27)26-10-4-9-25(11-12-26)17-5-7-18(28-3)8-6-17/h5-8,14H,4,9-13H2,1-3H3. The van der Waals surface area contributed by atoms with Crippen molar-refractivity contribution in [3.8, 4) is 5.75 Å². The lowest BCUT2D eigenvalue weighted by molar-refractivity contribution is -0.128. The Labute approximate surface area is 185 Å². The number of thioether (sulfide) groups is 1. The van der Waals surface area contributed by atoms with Crippen molar-refractivity contribution >= 4 is 44.9 Å². The maximum atomic E-state index is 12.9. The van der Waals surface area contributed by atoms with Gasteiger partial charge in [0.05, 0.1) is 12.9 Å². The van der Waals surface area contributed by atoms with Crippen LogP contribution in [-0.4, -0.2) is 59.8 Å². The van der Waals surface area contributed by atoms with Gasteiger partial charge in [-0.2, -0.15) is 0 Å². The molecular formula is C22H26N4O2S2. The van der Waals surface area contributed by atoms with Crippen LogP contribution < -0.4 is 9.64 Å². The third kappa shape index (κ3) is 4.39. The monoisotopic (exact) mass is 442 g/mol. The zero-order valence-corrected chi connectivity index (χ0v) is 19.2. The number of carbonyl (C=O) groups excluding carboxylic acids is 1. The zero-order valence-electron chi connectivity index (χ0n) is 17.6. The van der Waals surface area contributed by atoms with Gasteiger partial charge in [-0.3, -0.25) is 4.79 Å². The summed E-state index contributed by atoms with van der Waals surface area (Å²) in [4.78, 5) is 28.3. The number of ether oxygens (including phenoxy) is 1. The van der Waals surface area contributed by atoms with Crippen LogP contribution in [0.4, 0.5) is 5.69 Å². The average Bonchev–Trinajstić information content (AvgIpc) is 2.94. The van der Waals surface area contributed by atoms with Crippen molar-refractivity contribution in [2.45, 2.75) is 25.3 Å². The van der Waals surface area contributed by atoms with E-state index in [9.17, 15) is 4.79 Å². The van der Waals surface area contributed by atoms with Crippen molar-refractivity contribution in [3.05, 3.63) is 41.0 Å². The predicted molar refractivity (Wildman–Crippen MR) is 124 cm³/mol. The van der Waals surface area contributed by atoms with E-state index in [2.05, 4.69) is 40.8 Å². The number of carbonyl (C=O) groups is 1. The number of amides is 1. The van der Waals surface area contributed by atoms with E-state index in [4.69, 9.17) is 4.74 Å². The molecule has 1 aromatic carbocycles. The lowest BCUT2D eigenvalue weighted by Crippen LogP contribution is -2.36. The summed E-state index contributed by atoms with van der Waals surface area (Å²) in [7, 11) is 1.68. The first-order valence-electron chi connectivity index (χ1n) is 10.1. The van der Waals surface area contributed by atoms with Gasteiger partial charge in [0.15, 0.2) is 0 Å². The van der Waals surface area contributed by atoms with Crippen LogP contribution in [-0.2, 0) is 4.79 Å². The SMILES string of the molecule is COc1ccc(N2CCCN(C(=O)CSc3ncnc4sc(C)c(C)c34)CC2)cc1. The number of aromatic nitrogens is 2. The van der Waals surface area contributed by atoms with Crippen LogP contribution >= 0.6 is 23.1 Å². The number of hydrogen-bond donors (Lipinski definition) is 0. The molecule has 6 nitrogen and oxygen atoms in total. The Hall–Kier alpha value is -2.32. The Kier molecular flexibility index (Phi) is 6.43. The lowest BCUT2D eigenvalue weighted by atomic mass is 10.2. The van der Waals surface area contributed by atoms with Gasteiger partial charge in [0.25, 0.3) is 0 Å². The van der Waals surface area contributed by atoms with E-state index < -0.39 is 0 Å². The van der Waals surface area contributed by atoms with Gasteiger partial charge in [0.2, 0.25) is 5.91 Å². The van der Waals surface area contributed by atoms with Gasteiger partial charge in [-0.05, 0) is 50.1 Å². The summed E-state index contributed by atoms with van der Waals surface area (Å²) in [6.07, 6.45) is 2.56. The highest BCUT2D eigenvalue weighted by Crippen LogP contribution is 2.34. The smallest absolute Gasteiger partial charge is 0.233 e. The maximum absolute atomic E-state index is 12.9. The first-order chi connectivity index (χ1) is 14.6. The Balaban J connectivity index is 1.37. The molecule has 0 aliphatic carbocycles. The van der Waals surface area contributed by atoms with Gasteiger partial charge in [0.1, 0.15) is 21.9 Å². The molecule has 8 heteroatoms. The van der Waals surface area contributed by atoms with Gasteiger partial charge in [-0.25, -0.2) is 9.97 Å². The summed E-state index contributed by atoms with van der Waals surface area (Å²) in [5.74, 6) is 1.44. The molecule has 30 heavy (non-hydrogen) atoms. The molecule has 3 aromatic rings. The Morgan fingerprint density at radius 3 is 2.70 bits per heavy atom. The molecule has 0 N–H and O–H groups in total. The normalized spacial score (nSPS) is 14.8. The molecular weight excluding hydrogens is 416 g/mol. The van der Waals surface area contributed by atoms with Crippen LogP contribution in [0.2, 0.25) is 0 Å². The molecule has 1 amide bonds. The van der Waals surface area contributed by atoms with Crippen LogP contribution in [0.3, 0.4) is 0 Å². The van der Waals surface area contributed by atoms with E-state index >= 15 is 0 Å². The van der Waals surface area contributed by atoms with Gasteiger partial charge < -0.3 is 14.5 Å². The number of hydrogen-bond acceptors (Lipinski definition) is 7. The molecule has 2 aromatic heterocycles. The number of nitrogens with zero attached hydrogens (tertiary/aromatic N) is 4. The van der Waals surface area contributed by atoms with E-state index in [1.165, 1.54) is 27.9 Å². The molecule has 4 rings (SSSR count). The van der Waals surface area contributed by atoms with Crippen molar-refractivity contribution in [1.29, 1.82) is 0 Å². The Morgan fingerprint density at radius 1 is 1.13 bits per heavy atom. The number of thiophene rings is 1. The predicted octanol–water partition coefficient (Wildman–Crippen LogP) is 4.15. The first kappa shape index (κ1) is 20.9. The summed E-state index contributed by atoms with van der Waals surface area (Å²) in [5.41, 5.74) is 2.39. The van der Waals surface area contributed by atoms with E-state index in [1.807, 2.05) is 17.0 Å². The summed E-state index contributed by atoms with van der Waals surface area (Å²) in [5, 5.41) is 2.00. The molecule has 3 heterocycles. The molecule has 1 aliphatic heterocycles. The molecule has 1 saturated heterocycles. The first-order valence-corrected chi connectivity index (χ1v) is 11.9. The second kappa shape index (κ2) is 9.22. The van der Waals surface area contributed by atoms with Crippen LogP contribution in [0.5, 0.6) is 5.75 Å². The Morgan fingerprint density at radius 2 is 1.93 bits per heavy atom. The largest absolute Gasteiger partial charge is 0.497 e. The highest BCUT2D eigenvalue weighted by molar-refractivity contribution is 8.00. The molecule has 0 saturated carbocycles. The quantitative estimate of drug-likeness (QED) is 0.437. The fourth-order valence-electron chi connectivity index (χ4n) is 3.70. The topological polar surface area (TPSA) is 58.6 Å². The average molecular weight is 443 g/mol. The number of rotatable bonds is 5. The van der Waals surface area contributed by atoms with Crippen molar-refractivity contribution in [2.24, 2.45) is 0 Å². The summed E-state index contributed by atoms with van der Waals surface area (Å²) >= 11 is 3.21. The Bertz CT molecular complexity index is 1040. The van der Waals surface area contributed by atoms with E-state index in [1.54, 1.807) is 24.8 Å². The van der Waals surface area contributed by atoms with E-state index in [0.717, 1.165) is 53.6 Å². The number of methoxy groups -OCH3 is 1. The lowest BCUT2D eigenvalue weighted by Gasteiger charge is -2.24. The van der Waals surface area contributed by atoms with Crippen molar-refractivity contribution < 1.29 is 9.53 Å². The van der Waals surface area contributed by atoms with Crippen molar-refractivity contribution in [3.63, 3.8) is 0 Å². The highest BCUT2D eigenvalue weighted by Gasteiger charge is 2.21. The number of fused-ring (bicyclic) bond motifs is 1. The highest BCUT2D eigenvalue weighted by atomic mass is 32.2. The van der Waals surface area contributed by atoms with E-state index in [-0.39, 0.29) is 5.91 Å². The second-order valence-corrected chi connectivity index (χ2v) is 9.52. The van der Waals surface area contributed by atoms with Gasteiger partial charge in [-0.15, -0.1) is 11.3 Å². The zero-order chi connectivity index (χ0) is 21.1. The minimum atomic E-state index is 0.174. The molecule has 0 atom stereocenters. The third-order valence-corrected chi connectivity index (χ3v) is 7.64. The van der Waals surface area contributed by atoms with Crippen molar-refractivity contribution in [1.82, 2.24) is 14.9 Å². The number of benzene rings is 1. The number of anilines is 1. The molecule has 1 fully saturated rings. The van der Waals surface area contributed by atoms with Gasteiger partial charge >= 0.3 is 0 Å².